The minimum absolute atomic E-state index is 0.355. The van der Waals surface area contributed by atoms with Crippen LogP contribution in [-0.4, -0.2) is 28.1 Å². The van der Waals surface area contributed by atoms with Gasteiger partial charge in [0.1, 0.15) is 30.3 Å². The van der Waals surface area contributed by atoms with Crippen molar-refractivity contribution in [2.75, 3.05) is 5.32 Å². The molecule has 1 N–H and O–H groups in total. The van der Waals surface area contributed by atoms with Gasteiger partial charge in [0.05, 0.1) is 5.52 Å². The monoisotopic (exact) mass is 437 g/mol. The molecule has 4 aromatic rings. The lowest BCUT2D eigenvalue weighted by Crippen LogP contribution is -2.17. The second-order valence-corrected chi connectivity index (χ2v) is 7.46. The van der Waals surface area contributed by atoms with E-state index in [1.807, 2.05) is 66.7 Å². The quantitative estimate of drug-likeness (QED) is 0.337. The second kappa shape index (κ2) is 8.92. The topological polar surface area (TPSA) is 90.4 Å². The fourth-order valence-corrected chi connectivity index (χ4v) is 3.51. The lowest BCUT2D eigenvalue weighted by atomic mass is 10.1. The molecule has 1 aromatic heterocycles. The van der Waals surface area contributed by atoms with Crippen molar-refractivity contribution in [3.05, 3.63) is 96.3 Å². The molecule has 3 aromatic carbocycles. The van der Waals surface area contributed by atoms with Crippen LogP contribution in [0.4, 0.5) is 11.5 Å². The van der Waals surface area contributed by atoms with Crippen molar-refractivity contribution < 1.29 is 19.1 Å². The van der Waals surface area contributed by atoms with Gasteiger partial charge >= 0.3 is 0 Å². The average molecular weight is 437 g/mol. The van der Waals surface area contributed by atoms with E-state index in [2.05, 4.69) is 15.3 Å². The Balaban J connectivity index is 1.35. The van der Waals surface area contributed by atoms with Gasteiger partial charge in [0, 0.05) is 22.7 Å². The maximum atomic E-state index is 11.8. The van der Waals surface area contributed by atoms with Gasteiger partial charge in [0.2, 0.25) is 11.9 Å². The van der Waals surface area contributed by atoms with E-state index in [1.54, 1.807) is 6.07 Å². The summed E-state index contributed by atoms with van der Waals surface area (Å²) in [5.74, 6) is 1.36. The number of benzene rings is 3. The summed E-state index contributed by atoms with van der Waals surface area (Å²) >= 11 is 0. The largest absolute Gasteiger partial charge is 0.489 e. The summed E-state index contributed by atoms with van der Waals surface area (Å²) in [7, 11) is 0. The molecule has 2 heterocycles. The van der Waals surface area contributed by atoms with E-state index in [-0.39, 0.29) is 5.78 Å². The summed E-state index contributed by atoms with van der Waals surface area (Å²) < 4.78 is 11.3. The van der Waals surface area contributed by atoms with Crippen molar-refractivity contribution in [3.8, 4) is 5.75 Å². The van der Waals surface area contributed by atoms with Crippen molar-refractivity contribution in [1.82, 2.24) is 9.97 Å². The predicted octanol–water partition coefficient (Wildman–Crippen LogP) is 4.46. The first-order valence-corrected chi connectivity index (χ1v) is 10.4. The summed E-state index contributed by atoms with van der Waals surface area (Å²) in [6.45, 7) is 0.498. The lowest BCUT2D eigenvalue weighted by molar-refractivity contribution is -0.126. The van der Waals surface area contributed by atoms with Gasteiger partial charge in [0.15, 0.2) is 6.29 Å². The minimum atomic E-state index is -1.08. The van der Waals surface area contributed by atoms with Gasteiger partial charge in [-0.2, -0.15) is 0 Å². The molecule has 1 aliphatic heterocycles. The summed E-state index contributed by atoms with van der Waals surface area (Å²) in [5, 5.41) is 4.06. The van der Waals surface area contributed by atoms with Gasteiger partial charge in [-0.1, -0.05) is 30.3 Å². The number of aromatic nitrogens is 2. The smallest absolute Gasteiger partial charge is 0.215 e. The molecule has 1 aliphatic rings. The fraction of sp³-hybridized carbons (Fsp3) is 0.0769. The van der Waals surface area contributed by atoms with E-state index in [9.17, 15) is 9.59 Å². The Morgan fingerprint density at radius 1 is 1.00 bits per heavy atom. The molecule has 7 heteroatoms. The molecular weight excluding hydrogens is 418 g/mol. The highest BCUT2D eigenvalue weighted by molar-refractivity contribution is 6.10. The van der Waals surface area contributed by atoms with Crippen LogP contribution in [0.15, 0.2) is 85.2 Å². The van der Waals surface area contributed by atoms with E-state index >= 15 is 0 Å². The summed E-state index contributed by atoms with van der Waals surface area (Å²) in [6, 6.07) is 23.0. The Labute approximate surface area is 189 Å². The van der Waals surface area contributed by atoms with Gasteiger partial charge < -0.3 is 14.8 Å². The molecule has 0 fully saturated rings. The van der Waals surface area contributed by atoms with Crippen LogP contribution in [0.25, 0.3) is 16.7 Å². The lowest BCUT2D eigenvalue weighted by Gasteiger charge is -2.12. The fourth-order valence-electron chi connectivity index (χ4n) is 3.51. The first-order valence-electron chi connectivity index (χ1n) is 10.4. The zero-order chi connectivity index (χ0) is 22.6. The van der Waals surface area contributed by atoms with E-state index in [0.717, 1.165) is 27.9 Å². The van der Waals surface area contributed by atoms with Crippen molar-refractivity contribution in [3.63, 3.8) is 0 Å². The average Bonchev–Trinajstić information content (AvgIpc) is 3.25. The zero-order valence-electron chi connectivity index (χ0n) is 17.5. The van der Waals surface area contributed by atoms with Crippen molar-refractivity contribution in [2.24, 2.45) is 0 Å². The summed E-state index contributed by atoms with van der Waals surface area (Å²) in [6.07, 6.45) is 2.24. The van der Waals surface area contributed by atoms with Crippen LogP contribution in [0, 0.1) is 0 Å². The first kappa shape index (κ1) is 20.4. The second-order valence-electron chi connectivity index (χ2n) is 7.46. The number of nitrogens with zero attached hydrogens (tertiary/aromatic N) is 2. The highest BCUT2D eigenvalue weighted by atomic mass is 16.5. The Morgan fingerprint density at radius 3 is 2.58 bits per heavy atom. The third-order valence-corrected chi connectivity index (χ3v) is 5.22. The number of anilines is 2. The molecule has 5 rings (SSSR count). The van der Waals surface area contributed by atoms with E-state index in [1.165, 1.54) is 12.4 Å². The van der Waals surface area contributed by atoms with Gasteiger partial charge in [-0.15, -0.1) is 0 Å². The Bertz CT molecular complexity index is 1350. The van der Waals surface area contributed by atoms with Gasteiger partial charge in [-0.05, 0) is 48.0 Å². The standard InChI is InChI=1S/C26H19N3O4/c30-14-25-23(31)13-24(33-25)18-6-11-22-21(12-18)26(28-16-27-22)29-19-7-9-20(10-8-19)32-15-17-4-2-1-3-5-17/h1-14,16,25H,15H2,(H,27,28,29). The number of carbonyl (C=O) groups excluding carboxylic acids is 2. The minimum Gasteiger partial charge on any atom is -0.489 e. The van der Waals surface area contributed by atoms with Gasteiger partial charge in [-0.3, -0.25) is 9.59 Å². The van der Waals surface area contributed by atoms with Crippen molar-refractivity contribution in [2.45, 2.75) is 12.7 Å². The number of ketones is 1. The number of fused-ring (bicyclic) bond motifs is 1. The molecule has 33 heavy (non-hydrogen) atoms. The normalized spacial score (nSPS) is 15.1. The Morgan fingerprint density at radius 2 is 1.82 bits per heavy atom. The first-order chi connectivity index (χ1) is 16.2. The molecule has 0 spiro atoms. The number of aldehydes is 1. The van der Waals surface area contributed by atoms with E-state index < -0.39 is 6.10 Å². The van der Waals surface area contributed by atoms with Crippen LogP contribution in [0.5, 0.6) is 5.75 Å². The summed E-state index contributed by atoms with van der Waals surface area (Å²) in [5.41, 5.74) is 3.34. The van der Waals surface area contributed by atoms with Crippen molar-refractivity contribution in [1.29, 1.82) is 0 Å². The molecule has 1 atom stereocenters. The number of hydrogen-bond donors (Lipinski definition) is 1. The molecule has 0 saturated heterocycles. The van der Waals surface area contributed by atoms with E-state index in [4.69, 9.17) is 9.47 Å². The van der Waals surface area contributed by atoms with Crippen LogP contribution in [0.3, 0.4) is 0 Å². The molecule has 0 saturated carbocycles. The molecule has 162 valence electrons. The zero-order valence-corrected chi connectivity index (χ0v) is 17.5. The summed E-state index contributed by atoms with van der Waals surface area (Å²) in [4.78, 5) is 31.5. The highest BCUT2D eigenvalue weighted by Gasteiger charge is 2.27. The van der Waals surface area contributed by atoms with Gasteiger partial charge in [0.25, 0.3) is 0 Å². The van der Waals surface area contributed by atoms with Crippen LogP contribution in [0.2, 0.25) is 0 Å². The molecule has 7 nitrogen and oxygen atoms in total. The highest BCUT2D eigenvalue weighted by Crippen LogP contribution is 2.30. The molecule has 0 amide bonds. The van der Waals surface area contributed by atoms with E-state index in [0.29, 0.717) is 30.0 Å². The number of rotatable bonds is 7. The molecule has 1 unspecified atom stereocenters. The number of nitrogens with one attached hydrogen (secondary N) is 1. The Kier molecular flexibility index (Phi) is 5.51. The third kappa shape index (κ3) is 4.43. The number of hydrogen-bond acceptors (Lipinski definition) is 7. The van der Waals surface area contributed by atoms with Gasteiger partial charge in [-0.25, -0.2) is 9.97 Å². The SMILES string of the molecule is O=CC1OC(c2ccc3ncnc(Nc4ccc(OCc5ccccc5)cc4)c3c2)=CC1=O. The molecular formula is C26H19N3O4. The predicted molar refractivity (Wildman–Crippen MR) is 124 cm³/mol. The Hall–Kier alpha value is -4.52. The molecule has 0 aliphatic carbocycles. The molecule has 0 bridgehead atoms. The molecule has 0 radical (unpaired) electrons. The van der Waals surface area contributed by atoms with Crippen LogP contribution in [-0.2, 0) is 20.9 Å². The maximum Gasteiger partial charge on any atom is 0.215 e. The van der Waals surface area contributed by atoms with Crippen molar-refractivity contribution >= 4 is 40.2 Å². The van der Waals surface area contributed by atoms with Crippen LogP contribution in [0.1, 0.15) is 11.1 Å². The van der Waals surface area contributed by atoms with Crippen LogP contribution < -0.4 is 10.1 Å². The number of carbonyl (C=O) groups is 2. The number of ether oxygens (including phenoxy) is 2. The third-order valence-electron chi connectivity index (χ3n) is 5.22. The van der Waals surface area contributed by atoms with Crippen LogP contribution >= 0.6 is 0 Å². The maximum absolute atomic E-state index is 11.8.